The molecule has 25 heavy (non-hydrogen) atoms. The van der Waals surface area contributed by atoms with Crippen molar-refractivity contribution in [2.24, 2.45) is 5.92 Å². The molecular weight excluding hydrogens is 342 g/mol. The molecule has 1 aliphatic carbocycles. The van der Waals surface area contributed by atoms with Crippen LogP contribution < -0.4 is 4.18 Å². The summed E-state index contributed by atoms with van der Waals surface area (Å²) in [7, 11) is -3.64. The number of amides is 1. The second-order valence-electron chi connectivity index (χ2n) is 6.30. The van der Waals surface area contributed by atoms with Crippen molar-refractivity contribution >= 4 is 16.0 Å². The molecule has 7 heteroatoms. The Kier molecular flexibility index (Phi) is 5.13. The van der Waals surface area contributed by atoms with Gasteiger partial charge in [0.1, 0.15) is 11.5 Å². The van der Waals surface area contributed by atoms with Crippen LogP contribution in [0, 0.1) is 5.92 Å². The molecule has 1 saturated carbocycles. The fraction of sp³-hybridized carbons (Fsp3) is 0.389. The Morgan fingerprint density at radius 2 is 1.96 bits per heavy atom. The van der Waals surface area contributed by atoms with E-state index in [0.717, 1.165) is 25.5 Å². The molecule has 0 N–H and O–H groups in total. The molecule has 0 spiro atoms. The third kappa shape index (κ3) is 4.63. The summed E-state index contributed by atoms with van der Waals surface area (Å²) < 4.78 is 33.4. The Morgan fingerprint density at radius 3 is 2.56 bits per heavy atom. The van der Waals surface area contributed by atoms with Gasteiger partial charge in [0.05, 0.1) is 19.1 Å². The van der Waals surface area contributed by atoms with Gasteiger partial charge in [-0.1, -0.05) is 24.6 Å². The molecular formula is C18H21NO5S. The van der Waals surface area contributed by atoms with E-state index in [4.69, 9.17) is 8.60 Å². The number of furan rings is 1. The number of nitrogens with zero attached hydrogens (tertiary/aromatic N) is 1. The summed E-state index contributed by atoms with van der Waals surface area (Å²) in [5.74, 6) is 1.04. The van der Waals surface area contributed by atoms with Crippen LogP contribution >= 0.6 is 0 Å². The SMILES string of the molecule is CS(=O)(=O)Oc1ccccc1CN(Cc1ccco1)C(=O)C1CCC1. The van der Waals surface area contributed by atoms with Crippen LogP contribution in [-0.4, -0.2) is 25.5 Å². The van der Waals surface area contributed by atoms with Gasteiger partial charge in [0.15, 0.2) is 0 Å². The van der Waals surface area contributed by atoms with Gasteiger partial charge in [-0.05, 0) is 31.0 Å². The second-order valence-corrected chi connectivity index (χ2v) is 7.87. The van der Waals surface area contributed by atoms with Crippen molar-refractivity contribution in [3.8, 4) is 5.75 Å². The lowest BCUT2D eigenvalue weighted by atomic mass is 9.84. The van der Waals surface area contributed by atoms with E-state index in [2.05, 4.69) is 0 Å². The highest BCUT2D eigenvalue weighted by Gasteiger charge is 2.30. The molecule has 6 nitrogen and oxygen atoms in total. The first-order valence-corrected chi connectivity index (χ1v) is 10.0. The first kappa shape index (κ1) is 17.5. The molecule has 2 aromatic rings. The first-order valence-electron chi connectivity index (χ1n) is 8.21. The van der Waals surface area contributed by atoms with Crippen LogP contribution in [-0.2, 0) is 28.0 Å². The predicted molar refractivity (Wildman–Crippen MR) is 92.2 cm³/mol. The van der Waals surface area contributed by atoms with Gasteiger partial charge in [-0.15, -0.1) is 0 Å². The average Bonchev–Trinajstić information content (AvgIpc) is 2.98. The standard InChI is InChI=1S/C18H21NO5S/c1-25(21,22)24-17-10-3-2-6-15(17)12-19(13-16-9-5-11-23-16)18(20)14-7-4-8-14/h2-3,5-6,9-11,14H,4,7-8,12-13H2,1H3. The summed E-state index contributed by atoms with van der Waals surface area (Å²) in [6.45, 7) is 0.608. The van der Waals surface area contributed by atoms with E-state index in [1.54, 1.807) is 41.5 Å². The maximum atomic E-state index is 12.8. The number of para-hydroxylation sites is 1. The van der Waals surface area contributed by atoms with Crippen LogP contribution in [0.2, 0.25) is 0 Å². The van der Waals surface area contributed by atoms with Crippen molar-refractivity contribution in [2.45, 2.75) is 32.4 Å². The number of carbonyl (C=O) groups is 1. The topological polar surface area (TPSA) is 76.8 Å². The highest BCUT2D eigenvalue weighted by molar-refractivity contribution is 7.86. The first-order chi connectivity index (χ1) is 11.9. The van der Waals surface area contributed by atoms with E-state index in [1.165, 1.54) is 0 Å². The van der Waals surface area contributed by atoms with Gasteiger partial charge >= 0.3 is 10.1 Å². The number of carbonyl (C=O) groups excluding carboxylic acids is 1. The van der Waals surface area contributed by atoms with E-state index in [0.29, 0.717) is 17.9 Å². The molecule has 1 aliphatic rings. The minimum Gasteiger partial charge on any atom is -0.467 e. The largest absolute Gasteiger partial charge is 0.467 e. The Balaban J connectivity index is 1.83. The van der Waals surface area contributed by atoms with Gasteiger partial charge in [0.2, 0.25) is 5.91 Å². The average molecular weight is 363 g/mol. The van der Waals surface area contributed by atoms with Crippen molar-refractivity contribution in [3.05, 3.63) is 54.0 Å². The van der Waals surface area contributed by atoms with Crippen molar-refractivity contribution < 1.29 is 21.8 Å². The number of benzene rings is 1. The lowest BCUT2D eigenvalue weighted by Crippen LogP contribution is -2.38. The molecule has 0 radical (unpaired) electrons. The molecule has 3 rings (SSSR count). The Bertz CT molecular complexity index is 825. The maximum absolute atomic E-state index is 12.8. The van der Waals surface area contributed by atoms with Crippen molar-refractivity contribution in [2.75, 3.05) is 6.26 Å². The molecule has 0 saturated heterocycles. The van der Waals surface area contributed by atoms with Gasteiger partial charge in [0.25, 0.3) is 0 Å². The predicted octanol–water partition coefficient (Wildman–Crippen LogP) is 2.95. The fourth-order valence-corrected chi connectivity index (χ4v) is 3.29. The van der Waals surface area contributed by atoms with Crippen LogP contribution in [0.25, 0.3) is 0 Å². The van der Waals surface area contributed by atoms with Crippen LogP contribution in [0.4, 0.5) is 0 Å². The van der Waals surface area contributed by atoms with E-state index >= 15 is 0 Å². The highest BCUT2D eigenvalue weighted by atomic mass is 32.2. The van der Waals surface area contributed by atoms with Gasteiger partial charge in [-0.2, -0.15) is 8.42 Å². The summed E-state index contributed by atoms with van der Waals surface area (Å²) in [6, 6.07) is 10.5. The smallest absolute Gasteiger partial charge is 0.306 e. The quantitative estimate of drug-likeness (QED) is 0.707. The fourth-order valence-electron chi connectivity index (χ4n) is 2.80. The normalized spacial score (nSPS) is 14.8. The van der Waals surface area contributed by atoms with Crippen molar-refractivity contribution in [1.82, 2.24) is 4.90 Å². The molecule has 0 unspecified atom stereocenters. The Morgan fingerprint density at radius 1 is 1.20 bits per heavy atom. The highest BCUT2D eigenvalue weighted by Crippen LogP contribution is 2.30. The molecule has 1 heterocycles. The summed E-state index contributed by atoms with van der Waals surface area (Å²) >= 11 is 0. The zero-order valence-electron chi connectivity index (χ0n) is 14.1. The number of hydrogen-bond acceptors (Lipinski definition) is 5. The molecule has 1 aromatic heterocycles. The van der Waals surface area contributed by atoms with Crippen molar-refractivity contribution in [3.63, 3.8) is 0 Å². The van der Waals surface area contributed by atoms with Gasteiger partial charge in [-0.3, -0.25) is 4.79 Å². The zero-order valence-corrected chi connectivity index (χ0v) is 14.9. The molecule has 0 aliphatic heterocycles. The third-order valence-corrected chi connectivity index (χ3v) is 4.75. The second kappa shape index (κ2) is 7.31. The van der Waals surface area contributed by atoms with E-state index in [-0.39, 0.29) is 24.1 Å². The lowest BCUT2D eigenvalue weighted by molar-refractivity contribution is -0.139. The van der Waals surface area contributed by atoms with Crippen LogP contribution in [0.3, 0.4) is 0 Å². The molecule has 0 bridgehead atoms. The minimum atomic E-state index is -3.64. The van der Waals surface area contributed by atoms with E-state index < -0.39 is 10.1 Å². The van der Waals surface area contributed by atoms with Crippen LogP contribution in [0.15, 0.2) is 47.1 Å². The zero-order chi connectivity index (χ0) is 17.9. The van der Waals surface area contributed by atoms with Crippen LogP contribution in [0.5, 0.6) is 5.75 Å². The van der Waals surface area contributed by atoms with E-state index in [9.17, 15) is 13.2 Å². The van der Waals surface area contributed by atoms with Crippen molar-refractivity contribution in [1.29, 1.82) is 0 Å². The summed E-state index contributed by atoms with van der Waals surface area (Å²) in [5.41, 5.74) is 0.646. The molecule has 0 atom stereocenters. The number of hydrogen-bond donors (Lipinski definition) is 0. The third-order valence-electron chi connectivity index (χ3n) is 4.27. The molecule has 1 amide bonds. The van der Waals surface area contributed by atoms with E-state index in [1.807, 2.05) is 6.07 Å². The lowest BCUT2D eigenvalue weighted by Gasteiger charge is -2.31. The summed E-state index contributed by atoms with van der Waals surface area (Å²) in [4.78, 5) is 14.5. The van der Waals surface area contributed by atoms with Crippen LogP contribution in [0.1, 0.15) is 30.6 Å². The maximum Gasteiger partial charge on any atom is 0.306 e. The Labute approximate surface area is 147 Å². The Hall–Kier alpha value is -2.28. The molecule has 1 aromatic carbocycles. The van der Waals surface area contributed by atoms with Gasteiger partial charge in [0, 0.05) is 18.0 Å². The number of rotatable bonds is 7. The van der Waals surface area contributed by atoms with Gasteiger partial charge < -0.3 is 13.5 Å². The summed E-state index contributed by atoms with van der Waals surface area (Å²) in [5, 5.41) is 0. The van der Waals surface area contributed by atoms with Gasteiger partial charge in [-0.25, -0.2) is 0 Å². The minimum absolute atomic E-state index is 0.0398. The molecule has 134 valence electrons. The molecule has 1 fully saturated rings. The summed E-state index contributed by atoms with van der Waals surface area (Å²) in [6.07, 6.45) is 5.44. The monoisotopic (exact) mass is 363 g/mol.